The predicted molar refractivity (Wildman–Crippen MR) is 113 cm³/mol. The van der Waals surface area contributed by atoms with Gasteiger partial charge in [0.25, 0.3) is 0 Å². The molecule has 3 atom stereocenters. The standard InChI is InChI=1S/C21H22F3N5OS/c1-29-10-14-13(3-2-4-15(14)27-29)18-17(11-5-6-11)19(31-28-18)20(30)26-16-9-12(7-8-25-16)21(22,23)24/h2-4,7-9,11,17-19,27-28H,5-6,10H2,1H3,(H,25,26,30). The Morgan fingerprint density at radius 1 is 1.29 bits per heavy atom. The van der Waals surface area contributed by atoms with Crippen molar-refractivity contribution in [2.75, 3.05) is 17.8 Å². The van der Waals surface area contributed by atoms with Gasteiger partial charge in [-0.1, -0.05) is 24.1 Å². The number of alkyl halides is 3. The molecule has 10 heteroatoms. The van der Waals surface area contributed by atoms with Gasteiger partial charge in [0.1, 0.15) is 11.1 Å². The lowest BCUT2D eigenvalue weighted by Crippen LogP contribution is -2.33. The number of benzene rings is 1. The normalized spacial score (nSPS) is 25.9. The van der Waals surface area contributed by atoms with Crippen LogP contribution in [0.3, 0.4) is 0 Å². The third-order valence-electron chi connectivity index (χ3n) is 6.07. The van der Waals surface area contributed by atoms with Crippen molar-refractivity contribution in [2.45, 2.75) is 36.9 Å². The molecule has 0 radical (unpaired) electrons. The van der Waals surface area contributed by atoms with Crippen LogP contribution in [0, 0.1) is 11.8 Å². The molecule has 1 aliphatic carbocycles. The van der Waals surface area contributed by atoms with Gasteiger partial charge in [-0.3, -0.25) is 9.52 Å². The Labute approximate surface area is 182 Å². The van der Waals surface area contributed by atoms with E-state index in [0.717, 1.165) is 43.4 Å². The second-order valence-corrected chi connectivity index (χ2v) is 9.29. The minimum Gasteiger partial charge on any atom is -0.318 e. The molecule has 1 saturated carbocycles. The van der Waals surface area contributed by atoms with E-state index >= 15 is 0 Å². The number of nitrogens with one attached hydrogen (secondary N) is 3. The summed E-state index contributed by atoms with van der Waals surface area (Å²) in [5, 5.41) is 4.22. The molecule has 0 spiro atoms. The van der Waals surface area contributed by atoms with Gasteiger partial charge >= 0.3 is 6.18 Å². The topological polar surface area (TPSA) is 69.3 Å². The van der Waals surface area contributed by atoms with Gasteiger partial charge < -0.3 is 10.7 Å². The lowest BCUT2D eigenvalue weighted by Gasteiger charge is -2.24. The van der Waals surface area contributed by atoms with Gasteiger partial charge in [0.15, 0.2) is 0 Å². The lowest BCUT2D eigenvalue weighted by atomic mass is 9.84. The number of rotatable bonds is 4. The van der Waals surface area contributed by atoms with E-state index in [1.165, 1.54) is 23.1 Å². The number of halogens is 3. The summed E-state index contributed by atoms with van der Waals surface area (Å²) in [6.07, 6.45) is -1.30. The van der Waals surface area contributed by atoms with E-state index in [2.05, 4.69) is 26.5 Å². The molecule has 3 aliphatic rings. The van der Waals surface area contributed by atoms with Crippen LogP contribution in [-0.2, 0) is 17.5 Å². The number of amides is 1. The molecule has 2 fully saturated rings. The summed E-state index contributed by atoms with van der Waals surface area (Å²) in [6, 6.07) is 7.93. The van der Waals surface area contributed by atoms with E-state index in [0.29, 0.717) is 5.92 Å². The number of hydrazine groups is 1. The molecule has 1 aromatic carbocycles. The minimum absolute atomic E-state index is 0.00553. The van der Waals surface area contributed by atoms with Crippen LogP contribution in [-0.4, -0.2) is 28.2 Å². The van der Waals surface area contributed by atoms with Gasteiger partial charge in [-0.05, 0) is 48.1 Å². The van der Waals surface area contributed by atoms with Crippen molar-refractivity contribution in [1.29, 1.82) is 0 Å². The van der Waals surface area contributed by atoms with Gasteiger partial charge in [-0.2, -0.15) is 13.2 Å². The van der Waals surface area contributed by atoms with Crippen LogP contribution in [0.2, 0.25) is 0 Å². The largest absolute Gasteiger partial charge is 0.416 e. The van der Waals surface area contributed by atoms with E-state index in [9.17, 15) is 18.0 Å². The average Bonchev–Trinajstić information content (AvgIpc) is 3.34. The van der Waals surface area contributed by atoms with Crippen LogP contribution in [0.25, 0.3) is 0 Å². The van der Waals surface area contributed by atoms with E-state index in [4.69, 9.17) is 0 Å². The molecule has 1 amide bonds. The molecule has 3 N–H and O–H groups in total. The predicted octanol–water partition coefficient (Wildman–Crippen LogP) is 4.20. The Morgan fingerprint density at radius 3 is 2.84 bits per heavy atom. The lowest BCUT2D eigenvalue weighted by molar-refractivity contribution is -0.137. The van der Waals surface area contributed by atoms with Crippen LogP contribution < -0.4 is 15.5 Å². The monoisotopic (exact) mass is 449 g/mol. The second kappa shape index (κ2) is 7.68. The summed E-state index contributed by atoms with van der Waals surface area (Å²) >= 11 is 1.36. The quantitative estimate of drug-likeness (QED) is 0.608. The molecule has 1 saturated heterocycles. The zero-order valence-electron chi connectivity index (χ0n) is 16.7. The van der Waals surface area contributed by atoms with Crippen LogP contribution in [0.1, 0.15) is 35.6 Å². The number of aromatic nitrogens is 1. The molecule has 2 aromatic rings. The zero-order chi connectivity index (χ0) is 21.8. The molecule has 5 rings (SSSR count). The summed E-state index contributed by atoms with van der Waals surface area (Å²) in [7, 11) is 1.98. The molecule has 3 unspecified atom stereocenters. The van der Waals surface area contributed by atoms with Gasteiger partial charge in [-0.25, -0.2) is 9.99 Å². The van der Waals surface area contributed by atoms with E-state index in [-0.39, 0.29) is 23.7 Å². The molecule has 31 heavy (non-hydrogen) atoms. The van der Waals surface area contributed by atoms with Gasteiger partial charge in [0, 0.05) is 31.7 Å². The number of pyridine rings is 1. The Balaban J connectivity index is 1.38. The molecule has 6 nitrogen and oxygen atoms in total. The molecule has 1 aromatic heterocycles. The first-order valence-corrected chi connectivity index (χ1v) is 11.0. The van der Waals surface area contributed by atoms with Crippen molar-refractivity contribution in [2.24, 2.45) is 11.8 Å². The maximum atomic E-state index is 13.1. The zero-order valence-corrected chi connectivity index (χ0v) is 17.6. The number of hydrogen-bond acceptors (Lipinski definition) is 6. The molecular formula is C21H22F3N5OS. The van der Waals surface area contributed by atoms with Crippen molar-refractivity contribution in [3.63, 3.8) is 0 Å². The molecular weight excluding hydrogens is 427 g/mol. The van der Waals surface area contributed by atoms with Crippen LogP contribution in [0.5, 0.6) is 0 Å². The number of nitrogens with zero attached hydrogens (tertiary/aromatic N) is 2. The van der Waals surface area contributed by atoms with Crippen molar-refractivity contribution >= 4 is 29.4 Å². The third-order valence-corrected chi connectivity index (χ3v) is 7.25. The number of carbonyl (C=O) groups is 1. The highest BCUT2D eigenvalue weighted by atomic mass is 32.2. The van der Waals surface area contributed by atoms with E-state index in [1.54, 1.807) is 0 Å². The van der Waals surface area contributed by atoms with Crippen LogP contribution >= 0.6 is 11.9 Å². The first kappa shape index (κ1) is 20.6. The second-order valence-electron chi connectivity index (χ2n) is 8.31. The number of fused-ring (bicyclic) bond motifs is 1. The smallest absolute Gasteiger partial charge is 0.318 e. The maximum absolute atomic E-state index is 13.1. The highest BCUT2D eigenvalue weighted by molar-refractivity contribution is 7.99. The van der Waals surface area contributed by atoms with Gasteiger partial charge in [0.2, 0.25) is 5.91 Å². The van der Waals surface area contributed by atoms with Gasteiger partial charge in [0.05, 0.1) is 11.3 Å². The maximum Gasteiger partial charge on any atom is 0.416 e. The Morgan fingerprint density at radius 2 is 2.10 bits per heavy atom. The average molecular weight is 450 g/mol. The Kier molecular flexibility index (Phi) is 5.10. The Hall–Kier alpha value is -2.30. The molecule has 0 bridgehead atoms. The SMILES string of the molecule is CN1Cc2c(cccc2C2NSC(C(=O)Nc3cc(C(F)(F)F)ccn3)C2C2CC2)N1. The van der Waals surface area contributed by atoms with E-state index in [1.807, 2.05) is 24.2 Å². The fourth-order valence-corrected chi connectivity index (χ4v) is 5.79. The van der Waals surface area contributed by atoms with E-state index < -0.39 is 17.0 Å². The number of hydrogen-bond donors (Lipinski definition) is 3. The number of carbonyl (C=O) groups excluding carboxylic acids is 1. The van der Waals surface area contributed by atoms with Crippen LogP contribution in [0.4, 0.5) is 24.7 Å². The van der Waals surface area contributed by atoms with Crippen LogP contribution in [0.15, 0.2) is 36.5 Å². The summed E-state index contributed by atoms with van der Waals surface area (Å²) in [6.45, 7) is 0.775. The highest BCUT2D eigenvalue weighted by Gasteiger charge is 2.50. The molecule has 164 valence electrons. The summed E-state index contributed by atoms with van der Waals surface area (Å²) in [5.74, 6) is 0.0882. The highest BCUT2D eigenvalue weighted by Crippen LogP contribution is 2.53. The van der Waals surface area contributed by atoms with Gasteiger partial charge in [-0.15, -0.1) is 0 Å². The van der Waals surface area contributed by atoms with Crippen molar-refractivity contribution < 1.29 is 18.0 Å². The summed E-state index contributed by atoms with van der Waals surface area (Å²) in [4.78, 5) is 17.0. The minimum atomic E-state index is -4.48. The first-order valence-electron chi connectivity index (χ1n) is 10.2. The van der Waals surface area contributed by atoms with Crippen molar-refractivity contribution in [3.05, 3.63) is 53.2 Å². The van der Waals surface area contributed by atoms with Crippen molar-refractivity contribution in [3.8, 4) is 0 Å². The third kappa shape index (κ3) is 3.99. The van der Waals surface area contributed by atoms with Crippen molar-refractivity contribution in [1.82, 2.24) is 14.7 Å². The fraction of sp³-hybridized carbons (Fsp3) is 0.429. The molecule has 2 aliphatic heterocycles. The molecule has 3 heterocycles. The summed E-state index contributed by atoms with van der Waals surface area (Å²) < 4.78 is 42.4. The Bertz CT molecular complexity index is 1010. The summed E-state index contributed by atoms with van der Waals surface area (Å²) in [5.41, 5.74) is 5.95. The fourth-order valence-electron chi connectivity index (χ4n) is 4.51. The number of anilines is 2. The first-order chi connectivity index (χ1) is 14.8.